The van der Waals surface area contributed by atoms with Crippen LogP contribution in [0.4, 0.5) is 0 Å². The van der Waals surface area contributed by atoms with E-state index in [4.69, 9.17) is 5.73 Å². The molecule has 0 aliphatic rings. The molecule has 0 spiro atoms. The van der Waals surface area contributed by atoms with Crippen molar-refractivity contribution >= 4 is 11.8 Å². The normalized spacial score (nSPS) is 11.8. The van der Waals surface area contributed by atoms with Crippen LogP contribution in [-0.4, -0.2) is 37.4 Å². The van der Waals surface area contributed by atoms with Gasteiger partial charge in [-0.1, -0.05) is 19.1 Å². The van der Waals surface area contributed by atoms with Crippen LogP contribution in [0.25, 0.3) is 0 Å². The van der Waals surface area contributed by atoms with Crippen LogP contribution in [0.2, 0.25) is 0 Å². The monoisotopic (exact) mass is 277 g/mol. The highest BCUT2D eigenvalue weighted by molar-refractivity contribution is 5.93. The first-order chi connectivity index (χ1) is 9.49. The fourth-order valence-electron chi connectivity index (χ4n) is 2.01. The van der Waals surface area contributed by atoms with Gasteiger partial charge in [-0.3, -0.25) is 9.59 Å². The molecule has 0 bridgehead atoms. The molecule has 0 aliphatic heterocycles. The van der Waals surface area contributed by atoms with Crippen molar-refractivity contribution in [1.29, 1.82) is 0 Å². The smallest absolute Gasteiger partial charge is 0.251 e. The Labute approximate surface area is 120 Å². The van der Waals surface area contributed by atoms with Gasteiger partial charge in [0.2, 0.25) is 5.91 Å². The molecule has 0 radical (unpaired) electrons. The Kier molecular flexibility index (Phi) is 6.18. The van der Waals surface area contributed by atoms with Gasteiger partial charge in [0.05, 0.1) is 0 Å². The number of nitrogens with one attached hydrogen (secondary N) is 1. The minimum Gasteiger partial charge on any atom is -0.355 e. The second-order valence-electron chi connectivity index (χ2n) is 4.95. The molecule has 0 aliphatic carbocycles. The Bertz CT molecular complexity index is 457. The summed E-state index contributed by atoms with van der Waals surface area (Å²) in [7, 11) is 3.38. The van der Waals surface area contributed by atoms with E-state index < -0.39 is 0 Å². The summed E-state index contributed by atoms with van der Waals surface area (Å²) < 4.78 is 0. The Hall–Kier alpha value is -1.88. The third-order valence-corrected chi connectivity index (χ3v) is 3.26. The van der Waals surface area contributed by atoms with Crippen LogP contribution in [0.5, 0.6) is 0 Å². The first kappa shape index (κ1) is 16.2. The number of rotatable bonds is 6. The van der Waals surface area contributed by atoms with Crippen molar-refractivity contribution < 1.29 is 9.59 Å². The van der Waals surface area contributed by atoms with Crippen molar-refractivity contribution in [2.45, 2.75) is 19.9 Å². The molecule has 3 N–H and O–H groups in total. The summed E-state index contributed by atoms with van der Waals surface area (Å²) in [6.07, 6.45) is 0.693. The van der Waals surface area contributed by atoms with E-state index in [2.05, 4.69) is 5.32 Å². The highest BCUT2D eigenvalue weighted by Crippen LogP contribution is 2.10. The van der Waals surface area contributed by atoms with E-state index in [-0.39, 0.29) is 17.7 Å². The van der Waals surface area contributed by atoms with E-state index in [0.29, 0.717) is 25.1 Å². The molecule has 110 valence electrons. The molecule has 0 aromatic heterocycles. The molecule has 1 aromatic carbocycles. The molecule has 20 heavy (non-hydrogen) atoms. The molecule has 0 heterocycles. The maximum absolute atomic E-state index is 12.1. The predicted octanol–water partition coefficient (Wildman–Crippen LogP) is 0.990. The summed E-state index contributed by atoms with van der Waals surface area (Å²) in [5.74, 6) is -0.0847. The van der Waals surface area contributed by atoms with E-state index >= 15 is 0 Å². The third kappa shape index (κ3) is 4.35. The lowest BCUT2D eigenvalue weighted by molar-refractivity contribution is -0.134. The van der Waals surface area contributed by atoms with Crippen LogP contribution >= 0.6 is 0 Å². The minimum atomic E-state index is -0.113. The van der Waals surface area contributed by atoms with Gasteiger partial charge in [0.1, 0.15) is 0 Å². The average molecular weight is 277 g/mol. The van der Waals surface area contributed by atoms with Gasteiger partial charge in [-0.15, -0.1) is 0 Å². The van der Waals surface area contributed by atoms with Gasteiger partial charge >= 0.3 is 0 Å². The molecule has 0 fully saturated rings. The zero-order valence-corrected chi connectivity index (χ0v) is 12.3. The van der Waals surface area contributed by atoms with E-state index in [1.165, 1.54) is 0 Å². The maximum atomic E-state index is 12.1. The lowest BCUT2D eigenvalue weighted by atomic mass is 10.1. The van der Waals surface area contributed by atoms with E-state index in [9.17, 15) is 9.59 Å². The molecule has 1 rings (SSSR count). The number of hydrogen-bond acceptors (Lipinski definition) is 3. The van der Waals surface area contributed by atoms with Gasteiger partial charge < -0.3 is 16.0 Å². The van der Waals surface area contributed by atoms with Gasteiger partial charge in [0, 0.05) is 32.1 Å². The lowest BCUT2D eigenvalue weighted by Crippen LogP contribution is -2.32. The number of carbonyl (C=O) groups is 2. The van der Waals surface area contributed by atoms with Crippen molar-refractivity contribution in [2.24, 2.45) is 11.7 Å². The number of benzene rings is 1. The predicted molar refractivity (Wildman–Crippen MR) is 79.1 cm³/mol. The molecule has 1 unspecified atom stereocenters. The van der Waals surface area contributed by atoms with Crippen LogP contribution in [0.1, 0.15) is 29.3 Å². The van der Waals surface area contributed by atoms with Crippen LogP contribution in [-0.2, 0) is 11.3 Å². The van der Waals surface area contributed by atoms with Crippen LogP contribution < -0.4 is 11.1 Å². The van der Waals surface area contributed by atoms with Crippen molar-refractivity contribution in [1.82, 2.24) is 10.2 Å². The molecule has 0 saturated heterocycles. The second kappa shape index (κ2) is 7.65. The van der Waals surface area contributed by atoms with Gasteiger partial charge in [0.15, 0.2) is 0 Å². The summed E-state index contributed by atoms with van der Waals surface area (Å²) in [5.41, 5.74) is 7.08. The van der Waals surface area contributed by atoms with Gasteiger partial charge in [-0.2, -0.15) is 0 Å². The van der Waals surface area contributed by atoms with Crippen molar-refractivity contribution in [3.63, 3.8) is 0 Å². The van der Waals surface area contributed by atoms with Crippen LogP contribution in [0.3, 0.4) is 0 Å². The first-order valence-corrected chi connectivity index (χ1v) is 6.75. The van der Waals surface area contributed by atoms with Crippen molar-refractivity contribution in [3.8, 4) is 0 Å². The number of carbonyl (C=O) groups excluding carboxylic acids is 2. The molecule has 5 heteroatoms. The number of nitrogens with zero attached hydrogens (tertiary/aromatic N) is 1. The quantitative estimate of drug-likeness (QED) is 0.814. The van der Waals surface area contributed by atoms with Gasteiger partial charge in [-0.05, 0) is 30.7 Å². The van der Waals surface area contributed by atoms with Crippen molar-refractivity contribution in [3.05, 3.63) is 35.4 Å². The average Bonchev–Trinajstić information content (AvgIpc) is 2.46. The Morgan fingerprint density at radius 3 is 2.40 bits per heavy atom. The molecule has 1 aromatic rings. The summed E-state index contributed by atoms with van der Waals surface area (Å²) in [6, 6.07) is 7.25. The minimum absolute atomic E-state index is 0.0601. The molecule has 1 atom stereocenters. The Balaban J connectivity index is 2.64. The Morgan fingerprint density at radius 1 is 1.30 bits per heavy atom. The zero-order valence-electron chi connectivity index (χ0n) is 12.3. The third-order valence-electron chi connectivity index (χ3n) is 3.26. The largest absolute Gasteiger partial charge is 0.355 e. The van der Waals surface area contributed by atoms with E-state index in [1.807, 2.05) is 19.1 Å². The lowest BCUT2D eigenvalue weighted by Gasteiger charge is -2.21. The van der Waals surface area contributed by atoms with Crippen LogP contribution in [0, 0.1) is 5.92 Å². The summed E-state index contributed by atoms with van der Waals surface area (Å²) in [4.78, 5) is 25.2. The van der Waals surface area contributed by atoms with Crippen LogP contribution in [0.15, 0.2) is 24.3 Å². The number of hydrogen-bond donors (Lipinski definition) is 2. The Morgan fingerprint density at radius 2 is 1.90 bits per heavy atom. The second-order valence-corrected chi connectivity index (χ2v) is 4.95. The van der Waals surface area contributed by atoms with E-state index in [1.54, 1.807) is 31.1 Å². The SMILES string of the molecule is CNC(=O)c1ccc(CN(C)C(=O)C(C)CCN)cc1. The fraction of sp³-hybridized carbons (Fsp3) is 0.467. The first-order valence-electron chi connectivity index (χ1n) is 6.75. The number of nitrogens with two attached hydrogens (primary N) is 1. The molecule has 0 saturated carbocycles. The molecular weight excluding hydrogens is 254 g/mol. The van der Waals surface area contributed by atoms with E-state index in [0.717, 1.165) is 5.56 Å². The van der Waals surface area contributed by atoms with Crippen molar-refractivity contribution in [2.75, 3.05) is 20.6 Å². The molecule has 2 amide bonds. The fourth-order valence-corrected chi connectivity index (χ4v) is 2.01. The van der Waals surface area contributed by atoms with Gasteiger partial charge in [-0.25, -0.2) is 0 Å². The zero-order chi connectivity index (χ0) is 15.1. The molecular formula is C15H23N3O2. The summed E-state index contributed by atoms with van der Waals surface area (Å²) >= 11 is 0. The topological polar surface area (TPSA) is 75.4 Å². The number of amides is 2. The molecule has 5 nitrogen and oxygen atoms in total. The summed E-state index contributed by atoms with van der Waals surface area (Å²) in [6.45, 7) is 2.93. The highest BCUT2D eigenvalue weighted by Gasteiger charge is 2.16. The maximum Gasteiger partial charge on any atom is 0.251 e. The standard InChI is InChI=1S/C15H23N3O2/c1-11(8-9-16)15(20)18(3)10-12-4-6-13(7-5-12)14(19)17-2/h4-7,11H,8-10,16H2,1-3H3,(H,17,19). The highest BCUT2D eigenvalue weighted by atomic mass is 16.2. The van der Waals surface area contributed by atoms with Gasteiger partial charge in [0.25, 0.3) is 5.91 Å². The summed E-state index contributed by atoms with van der Waals surface area (Å²) in [5, 5.41) is 2.57.